The first kappa shape index (κ1) is 28.2. The lowest BCUT2D eigenvalue weighted by molar-refractivity contribution is 0.102. The number of rotatable bonds is 18. The van der Waals surface area contributed by atoms with Crippen LogP contribution >= 0.6 is 11.8 Å². The van der Waals surface area contributed by atoms with Crippen molar-refractivity contribution in [3.63, 3.8) is 0 Å². The van der Waals surface area contributed by atoms with E-state index in [2.05, 4.69) is 40.9 Å². The number of nitrogens with one attached hydrogen (secondary N) is 1. The van der Waals surface area contributed by atoms with Crippen LogP contribution in [0.1, 0.15) is 99.9 Å². The molecule has 0 saturated heterocycles. The number of thioether (sulfide) groups is 1. The highest BCUT2D eigenvalue weighted by Crippen LogP contribution is 2.22. The van der Waals surface area contributed by atoms with E-state index < -0.39 is 0 Å². The van der Waals surface area contributed by atoms with Crippen molar-refractivity contribution in [1.29, 1.82) is 0 Å². The van der Waals surface area contributed by atoms with Crippen LogP contribution in [0.25, 0.3) is 0 Å². The summed E-state index contributed by atoms with van der Waals surface area (Å²) >= 11 is 1.80. The van der Waals surface area contributed by atoms with Gasteiger partial charge in [0.1, 0.15) is 5.75 Å². The molecule has 2 aromatic rings. The van der Waals surface area contributed by atoms with Gasteiger partial charge in [0.05, 0.1) is 18.0 Å². The first-order valence-corrected chi connectivity index (χ1v) is 15.0. The Morgan fingerprint density at radius 1 is 0.861 bits per heavy atom. The second-order valence-corrected chi connectivity index (χ2v) is 10.6. The van der Waals surface area contributed by atoms with Gasteiger partial charge in [-0.2, -0.15) is 0 Å². The standard InChI is InChI=1S/C31H44N2O2S/c1-2-3-4-5-6-7-8-9-10-11-12-15-23-35-30-17-14-13-16-29(30)31(34)32-28-20-18-27(19-21-28)25-33-22-24-36-26-33/h13-14,16-22,24H,2-12,15,23,25-26H2,1H3,(H,32,34). The number of hydrogen-bond acceptors (Lipinski definition) is 4. The molecule has 4 nitrogen and oxygen atoms in total. The average molecular weight is 509 g/mol. The van der Waals surface area contributed by atoms with Crippen molar-refractivity contribution in [2.45, 2.75) is 90.5 Å². The summed E-state index contributed by atoms with van der Waals surface area (Å²) < 4.78 is 6.01. The minimum atomic E-state index is -0.132. The lowest BCUT2D eigenvalue weighted by Crippen LogP contribution is -2.14. The van der Waals surface area contributed by atoms with Crippen LogP contribution in [0.4, 0.5) is 5.69 Å². The summed E-state index contributed by atoms with van der Waals surface area (Å²) in [5.74, 6) is 1.52. The third kappa shape index (κ3) is 10.7. The molecule has 0 saturated carbocycles. The predicted octanol–water partition coefficient (Wildman–Crippen LogP) is 9.00. The molecule has 0 radical (unpaired) electrons. The van der Waals surface area contributed by atoms with E-state index in [-0.39, 0.29) is 5.91 Å². The molecular formula is C31H44N2O2S. The van der Waals surface area contributed by atoms with E-state index in [0.717, 1.165) is 24.5 Å². The minimum absolute atomic E-state index is 0.132. The molecule has 5 heteroatoms. The van der Waals surface area contributed by atoms with Crippen LogP contribution in [-0.2, 0) is 6.54 Å². The monoisotopic (exact) mass is 508 g/mol. The fourth-order valence-corrected chi connectivity index (χ4v) is 5.15. The molecule has 0 aromatic heterocycles. The maximum Gasteiger partial charge on any atom is 0.259 e. The second-order valence-electron chi connectivity index (χ2n) is 9.71. The third-order valence-corrected chi connectivity index (χ3v) is 7.39. The van der Waals surface area contributed by atoms with E-state index in [1.165, 1.54) is 76.2 Å². The molecule has 0 fully saturated rings. The number of benzene rings is 2. The van der Waals surface area contributed by atoms with Crippen LogP contribution in [0.15, 0.2) is 60.1 Å². The molecular weight excluding hydrogens is 464 g/mol. The molecule has 0 spiro atoms. The lowest BCUT2D eigenvalue weighted by atomic mass is 10.1. The Labute approximate surface area is 222 Å². The Balaban J connectivity index is 1.31. The van der Waals surface area contributed by atoms with E-state index in [1.54, 1.807) is 11.8 Å². The van der Waals surface area contributed by atoms with Gasteiger partial charge in [-0.15, -0.1) is 11.8 Å². The third-order valence-electron chi connectivity index (χ3n) is 6.59. The van der Waals surface area contributed by atoms with Gasteiger partial charge in [0.2, 0.25) is 0 Å². The molecule has 1 heterocycles. The number of carbonyl (C=O) groups excluding carboxylic acids is 1. The zero-order valence-corrected chi connectivity index (χ0v) is 22.9. The summed E-state index contributed by atoms with van der Waals surface area (Å²) in [6.07, 6.45) is 18.0. The number of hydrogen-bond donors (Lipinski definition) is 1. The zero-order chi connectivity index (χ0) is 25.3. The first-order chi connectivity index (χ1) is 17.8. The first-order valence-electron chi connectivity index (χ1n) is 13.9. The normalized spacial score (nSPS) is 12.8. The topological polar surface area (TPSA) is 41.6 Å². The average Bonchev–Trinajstić information content (AvgIpc) is 3.41. The quantitative estimate of drug-likeness (QED) is 0.204. The molecule has 1 aliphatic heterocycles. The van der Waals surface area contributed by atoms with Gasteiger partial charge in [0, 0.05) is 18.4 Å². The molecule has 3 rings (SSSR count). The predicted molar refractivity (Wildman–Crippen MR) is 155 cm³/mol. The Morgan fingerprint density at radius 3 is 2.14 bits per heavy atom. The van der Waals surface area contributed by atoms with Crippen LogP contribution in [0.2, 0.25) is 0 Å². The van der Waals surface area contributed by atoms with E-state index in [0.29, 0.717) is 17.9 Å². The zero-order valence-electron chi connectivity index (χ0n) is 22.1. The van der Waals surface area contributed by atoms with Gasteiger partial charge in [0.25, 0.3) is 5.91 Å². The van der Waals surface area contributed by atoms with Crippen molar-refractivity contribution in [2.75, 3.05) is 17.8 Å². The number of amides is 1. The molecule has 2 aromatic carbocycles. The second kappa shape index (κ2) is 17.1. The Kier molecular flexibility index (Phi) is 13.4. The number of unbranched alkanes of at least 4 members (excludes halogenated alkanes) is 11. The maximum atomic E-state index is 12.9. The van der Waals surface area contributed by atoms with Gasteiger partial charge in [0.15, 0.2) is 0 Å². The summed E-state index contributed by atoms with van der Waals surface area (Å²) in [5.41, 5.74) is 2.61. The van der Waals surface area contributed by atoms with Crippen LogP contribution in [0, 0.1) is 0 Å². The number of nitrogens with zero attached hydrogens (tertiary/aromatic N) is 1. The number of para-hydroxylation sites is 1. The van der Waals surface area contributed by atoms with Crippen molar-refractivity contribution in [3.05, 3.63) is 71.3 Å². The van der Waals surface area contributed by atoms with Gasteiger partial charge in [-0.3, -0.25) is 4.79 Å². The molecule has 0 bridgehead atoms. The fourth-order valence-electron chi connectivity index (χ4n) is 4.44. The fraction of sp³-hybridized carbons (Fsp3) is 0.516. The van der Waals surface area contributed by atoms with Gasteiger partial charge in [-0.05, 0) is 41.7 Å². The van der Waals surface area contributed by atoms with Crippen LogP contribution in [-0.4, -0.2) is 23.3 Å². The summed E-state index contributed by atoms with van der Waals surface area (Å²) in [4.78, 5) is 15.2. The van der Waals surface area contributed by atoms with Crippen molar-refractivity contribution < 1.29 is 9.53 Å². The summed E-state index contributed by atoms with van der Waals surface area (Å²) in [5, 5.41) is 5.14. The molecule has 0 atom stereocenters. The highest BCUT2D eigenvalue weighted by molar-refractivity contribution is 8.02. The molecule has 0 unspecified atom stereocenters. The Hall–Kier alpha value is -2.40. The highest BCUT2D eigenvalue weighted by Gasteiger charge is 2.13. The van der Waals surface area contributed by atoms with Crippen LogP contribution in [0.5, 0.6) is 5.75 Å². The van der Waals surface area contributed by atoms with E-state index in [1.807, 2.05) is 36.4 Å². The SMILES string of the molecule is CCCCCCCCCCCCCCOc1ccccc1C(=O)Nc1ccc(CN2C=CSC2)cc1. The van der Waals surface area contributed by atoms with Gasteiger partial charge in [-0.1, -0.05) is 102 Å². The summed E-state index contributed by atoms with van der Waals surface area (Å²) in [6, 6.07) is 15.6. The molecule has 0 aliphatic carbocycles. The van der Waals surface area contributed by atoms with Gasteiger partial charge in [-0.25, -0.2) is 0 Å². The largest absolute Gasteiger partial charge is 0.493 e. The minimum Gasteiger partial charge on any atom is -0.493 e. The van der Waals surface area contributed by atoms with E-state index in [9.17, 15) is 4.79 Å². The van der Waals surface area contributed by atoms with Gasteiger partial charge >= 0.3 is 0 Å². The molecule has 1 N–H and O–H groups in total. The van der Waals surface area contributed by atoms with Crippen LogP contribution < -0.4 is 10.1 Å². The highest BCUT2D eigenvalue weighted by atomic mass is 32.2. The Morgan fingerprint density at radius 2 is 1.50 bits per heavy atom. The molecule has 36 heavy (non-hydrogen) atoms. The molecule has 1 amide bonds. The Bertz CT molecular complexity index is 913. The number of anilines is 1. The summed E-state index contributed by atoms with van der Waals surface area (Å²) in [7, 11) is 0. The molecule has 1 aliphatic rings. The smallest absolute Gasteiger partial charge is 0.259 e. The number of ether oxygens (including phenoxy) is 1. The molecule has 196 valence electrons. The van der Waals surface area contributed by atoms with Crippen molar-refractivity contribution in [3.8, 4) is 5.75 Å². The van der Waals surface area contributed by atoms with Crippen LogP contribution in [0.3, 0.4) is 0 Å². The maximum absolute atomic E-state index is 12.9. The van der Waals surface area contributed by atoms with E-state index >= 15 is 0 Å². The lowest BCUT2D eigenvalue weighted by Gasteiger charge is -2.15. The van der Waals surface area contributed by atoms with Crippen molar-refractivity contribution in [1.82, 2.24) is 4.90 Å². The number of carbonyl (C=O) groups is 1. The van der Waals surface area contributed by atoms with Gasteiger partial charge < -0.3 is 15.0 Å². The van der Waals surface area contributed by atoms with E-state index in [4.69, 9.17) is 4.74 Å². The summed E-state index contributed by atoms with van der Waals surface area (Å²) in [6.45, 7) is 3.81. The van der Waals surface area contributed by atoms with Crippen molar-refractivity contribution >= 4 is 23.4 Å². The van der Waals surface area contributed by atoms with Crippen molar-refractivity contribution in [2.24, 2.45) is 0 Å².